The first-order valence-corrected chi connectivity index (χ1v) is 10.5. The van der Waals surface area contributed by atoms with Crippen LogP contribution in [0.1, 0.15) is 32.6 Å². The maximum absolute atomic E-state index is 13.0. The van der Waals surface area contributed by atoms with Crippen molar-refractivity contribution in [3.05, 3.63) is 88.2 Å². The van der Waals surface area contributed by atoms with Gasteiger partial charge in [0.15, 0.2) is 17.3 Å². The third-order valence-electron chi connectivity index (χ3n) is 5.87. The number of benzene rings is 3. The van der Waals surface area contributed by atoms with Crippen LogP contribution in [0, 0.1) is 6.92 Å². The first-order chi connectivity index (χ1) is 15.6. The van der Waals surface area contributed by atoms with E-state index in [-0.39, 0.29) is 12.6 Å². The van der Waals surface area contributed by atoms with Gasteiger partial charge in [-0.2, -0.15) is 0 Å². The summed E-state index contributed by atoms with van der Waals surface area (Å²) in [6.45, 7) is 4.04. The Balaban J connectivity index is 1.26. The molecule has 6 nitrogen and oxygen atoms in total. The minimum absolute atomic E-state index is 0.0998. The summed E-state index contributed by atoms with van der Waals surface area (Å²) in [5.41, 5.74) is 4.65. The molecule has 0 fully saturated rings. The van der Waals surface area contributed by atoms with Crippen molar-refractivity contribution in [3.8, 4) is 23.0 Å². The lowest BCUT2D eigenvalue weighted by molar-refractivity contribution is 0.0872. The topological polar surface area (TPSA) is 57.2 Å². The van der Waals surface area contributed by atoms with E-state index in [1.807, 2.05) is 55.5 Å². The number of nitrogens with zero attached hydrogens (tertiary/aromatic N) is 1. The molecule has 6 heteroatoms. The van der Waals surface area contributed by atoms with E-state index in [2.05, 4.69) is 4.90 Å². The quantitative estimate of drug-likeness (QED) is 0.565. The molecule has 6 rings (SSSR count). The monoisotopic (exact) mass is 427 g/mol. The summed E-state index contributed by atoms with van der Waals surface area (Å²) in [5, 5.41) is 0. The van der Waals surface area contributed by atoms with E-state index < -0.39 is 0 Å². The molecule has 0 atom stereocenters. The van der Waals surface area contributed by atoms with Crippen molar-refractivity contribution >= 4 is 11.9 Å². The van der Waals surface area contributed by atoms with Crippen LogP contribution in [0.5, 0.6) is 23.0 Å². The van der Waals surface area contributed by atoms with Gasteiger partial charge >= 0.3 is 0 Å². The largest absolute Gasteiger partial charge is 0.478 e. The molecular formula is C26H21NO5. The number of carbonyl (C=O) groups is 1. The molecule has 0 spiro atoms. The van der Waals surface area contributed by atoms with Gasteiger partial charge in [0.2, 0.25) is 12.6 Å². The number of ether oxygens (including phenoxy) is 4. The van der Waals surface area contributed by atoms with Crippen molar-refractivity contribution in [1.29, 1.82) is 0 Å². The zero-order valence-corrected chi connectivity index (χ0v) is 17.6. The first-order valence-electron chi connectivity index (χ1n) is 10.5. The van der Waals surface area contributed by atoms with Gasteiger partial charge in [-0.1, -0.05) is 35.9 Å². The molecule has 0 saturated carbocycles. The molecule has 0 aromatic heterocycles. The maximum atomic E-state index is 13.0. The summed E-state index contributed by atoms with van der Waals surface area (Å²) in [6, 6.07) is 17.6. The van der Waals surface area contributed by atoms with Crippen LogP contribution in [0.4, 0.5) is 0 Å². The maximum Gasteiger partial charge on any atom is 0.231 e. The van der Waals surface area contributed by atoms with Crippen molar-refractivity contribution in [2.45, 2.75) is 20.0 Å². The Labute approximate surface area is 185 Å². The van der Waals surface area contributed by atoms with Gasteiger partial charge in [-0.25, -0.2) is 0 Å². The number of Topliss-reactive ketones (excluding diaryl/α,β-unsaturated/α-hetero) is 1. The van der Waals surface area contributed by atoms with Gasteiger partial charge in [-0.15, -0.1) is 0 Å². The number of hydrogen-bond donors (Lipinski definition) is 0. The average Bonchev–Trinajstić information content (AvgIpc) is 3.38. The molecule has 3 aliphatic rings. The molecule has 3 aliphatic heterocycles. The zero-order valence-electron chi connectivity index (χ0n) is 17.6. The Bertz CT molecular complexity index is 1280. The van der Waals surface area contributed by atoms with E-state index >= 15 is 0 Å². The molecule has 3 aromatic rings. The molecule has 0 amide bonds. The van der Waals surface area contributed by atoms with Gasteiger partial charge in [0.25, 0.3) is 0 Å². The lowest BCUT2D eigenvalue weighted by Gasteiger charge is -2.29. The van der Waals surface area contributed by atoms with Crippen LogP contribution in [-0.4, -0.2) is 24.2 Å². The summed E-state index contributed by atoms with van der Waals surface area (Å²) in [4.78, 5) is 15.1. The van der Waals surface area contributed by atoms with Crippen LogP contribution < -0.4 is 18.9 Å². The van der Waals surface area contributed by atoms with Crippen molar-refractivity contribution in [2.24, 2.45) is 0 Å². The molecule has 0 radical (unpaired) electrons. The second kappa shape index (κ2) is 7.43. The molecule has 32 heavy (non-hydrogen) atoms. The zero-order chi connectivity index (χ0) is 21.7. The Morgan fingerprint density at radius 1 is 0.969 bits per heavy atom. The Morgan fingerprint density at radius 3 is 2.75 bits per heavy atom. The summed E-state index contributed by atoms with van der Waals surface area (Å²) >= 11 is 0. The van der Waals surface area contributed by atoms with Gasteiger partial charge in [-0.05, 0) is 48.4 Å². The molecule has 3 aromatic carbocycles. The fraction of sp³-hybridized carbons (Fsp3) is 0.192. The van der Waals surface area contributed by atoms with Crippen molar-refractivity contribution in [1.82, 2.24) is 4.90 Å². The number of rotatable bonds is 3. The third-order valence-corrected chi connectivity index (χ3v) is 5.87. The Hall–Kier alpha value is -3.77. The van der Waals surface area contributed by atoms with Crippen molar-refractivity contribution in [3.63, 3.8) is 0 Å². The second-order valence-corrected chi connectivity index (χ2v) is 8.22. The normalized spacial score (nSPS) is 17.7. The highest BCUT2D eigenvalue weighted by Crippen LogP contribution is 2.42. The summed E-state index contributed by atoms with van der Waals surface area (Å²) < 4.78 is 23.0. The predicted molar refractivity (Wildman–Crippen MR) is 118 cm³/mol. The lowest BCUT2D eigenvalue weighted by atomic mass is 10.0. The van der Waals surface area contributed by atoms with E-state index in [9.17, 15) is 4.79 Å². The molecule has 0 bridgehead atoms. The SMILES string of the molecule is Cc1cccc(/C=C2\Oc3c(ccc4c3CN(Cc3ccc5c(c3)OCO5)CO4)C2=O)c1. The Morgan fingerprint density at radius 2 is 1.84 bits per heavy atom. The van der Waals surface area contributed by atoms with Crippen LogP contribution in [-0.2, 0) is 13.1 Å². The van der Waals surface area contributed by atoms with Gasteiger partial charge in [0.05, 0.1) is 11.1 Å². The molecule has 0 aliphatic carbocycles. The van der Waals surface area contributed by atoms with E-state index in [0.29, 0.717) is 36.9 Å². The molecule has 160 valence electrons. The van der Waals surface area contributed by atoms with E-state index in [4.69, 9.17) is 18.9 Å². The third kappa shape index (κ3) is 3.29. The molecule has 0 saturated heterocycles. The molecule has 0 N–H and O–H groups in total. The Kier molecular flexibility index (Phi) is 4.40. The van der Waals surface area contributed by atoms with Crippen molar-refractivity contribution in [2.75, 3.05) is 13.5 Å². The standard InChI is InChI=1S/C26H21NO5/c1-16-3-2-4-17(9-16)10-24-25(28)19-6-8-21-20(26(19)32-24)13-27(14-29-21)12-18-5-7-22-23(11-18)31-15-30-22/h2-11H,12-15H2,1H3/b24-10-. The van der Waals surface area contributed by atoms with Gasteiger partial charge in [0.1, 0.15) is 18.2 Å². The molecular weight excluding hydrogens is 406 g/mol. The van der Waals surface area contributed by atoms with Gasteiger partial charge in [0, 0.05) is 13.1 Å². The van der Waals surface area contributed by atoms with E-state index in [0.717, 1.165) is 39.5 Å². The number of hydrogen-bond acceptors (Lipinski definition) is 6. The fourth-order valence-electron chi connectivity index (χ4n) is 4.31. The number of fused-ring (bicyclic) bond motifs is 4. The van der Waals surface area contributed by atoms with E-state index in [1.54, 1.807) is 12.1 Å². The van der Waals surface area contributed by atoms with E-state index in [1.165, 1.54) is 0 Å². The summed E-state index contributed by atoms with van der Waals surface area (Å²) in [6.07, 6.45) is 1.80. The van der Waals surface area contributed by atoms with Crippen LogP contribution in [0.3, 0.4) is 0 Å². The first kappa shape index (κ1) is 19.0. The van der Waals surface area contributed by atoms with Gasteiger partial charge < -0.3 is 18.9 Å². The summed E-state index contributed by atoms with van der Waals surface area (Å²) in [7, 11) is 0. The van der Waals surface area contributed by atoms with Crippen LogP contribution in [0.2, 0.25) is 0 Å². The number of ketones is 1. The van der Waals surface area contributed by atoms with Crippen LogP contribution >= 0.6 is 0 Å². The highest BCUT2D eigenvalue weighted by atomic mass is 16.7. The van der Waals surface area contributed by atoms with Crippen molar-refractivity contribution < 1.29 is 23.7 Å². The second-order valence-electron chi connectivity index (χ2n) is 8.22. The minimum Gasteiger partial charge on any atom is -0.478 e. The highest BCUT2D eigenvalue weighted by molar-refractivity contribution is 6.15. The van der Waals surface area contributed by atoms with Gasteiger partial charge in [-0.3, -0.25) is 9.69 Å². The molecule has 0 unspecified atom stereocenters. The fourth-order valence-corrected chi connectivity index (χ4v) is 4.31. The average molecular weight is 427 g/mol. The van der Waals surface area contributed by atoms with Crippen LogP contribution in [0.15, 0.2) is 60.4 Å². The minimum atomic E-state index is -0.0998. The molecule has 3 heterocycles. The number of aryl methyl sites for hydroxylation is 1. The predicted octanol–water partition coefficient (Wildman–Crippen LogP) is 4.69. The van der Waals surface area contributed by atoms with Crippen LogP contribution in [0.25, 0.3) is 6.08 Å². The smallest absolute Gasteiger partial charge is 0.231 e. The summed E-state index contributed by atoms with van der Waals surface area (Å²) in [5.74, 6) is 3.13. The number of carbonyl (C=O) groups excluding carboxylic acids is 1. The lowest BCUT2D eigenvalue weighted by Crippen LogP contribution is -2.31. The highest BCUT2D eigenvalue weighted by Gasteiger charge is 2.33. The number of allylic oxidation sites excluding steroid dienone is 1.